The number of amides is 1. The van der Waals surface area contributed by atoms with E-state index in [9.17, 15) is 22.8 Å². The summed E-state index contributed by atoms with van der Waals surface area (Å²) in [4.78, 5) is 31.7. The van der Waals surface area contributed by atoms with Gasteiger partial charge in [-0.1, -0.05) is 0 Å². The molecule has 1 N–H and O–H groups in total. The van der Waals surface area contributed by atoms with Crippen molar-refractivity contribution in [1.29, 1.82) is 0 Å². The minimum atomic E-state index is -4.54. The summed E-state index contributed by atoms with van der Waals surface area (Å²) in [6, 6.07) is 3.95. The number of aromatic nitrogens is 3. The fourth-order valence-electron chi connectivity index (χ4n) is 2.52. The molecule has 1 amide bonds. The number of nitrogens with zero attached hydrogens (tertiary/aromatic N) is 3. The normalized spacial score (nSPS) is 14.3. The van der Waals surface area contributed by atoms with E-state index in [1.165, 1.54) is 23.9 Å². The quantitative estimate of drug-likeness (QED) is 0.879. The van der Waals surface area contributed by atoms with Gasteiger partial charge in [-0.2, -0.15) is 13.2 Å². The van der Waals surface area contributed by atoms with E-state index in [2.05, 4.69) is 15.3 Å². The smallest absolute Gasteiger partial charge is 0.351 e. The van der Waals surface area contributed by atoms with Crippen LogP contribution in [0.25, 0.3) is 0 Å². The predicted molar refractivity (Wildman–Crippen MR) is 86.7 cm³/mol. The molecule has 6 nitrogen and oxygen atoms in total. The monoisotopic (exact) mass is 366 g/mol. The number of alkyl halides is 3. The first-order chi connectivity index (χ1) is 12.3. The van der Waals surface area contributed by atoms with Crippen molar-refractivity contribution in [3.05, 3.63) is 57.5 Å². The summed E-state index contributed by atoms with van der Waals surface area (Å²) in [5, 5.41) is 2.52. The Kier molecular flexibility index (Phi) is 4.80. The molecule has 9 heteroatoms. The Labute approximate surface area is 147 Å². The molecule has 2 aromatic rings. The Morgan fingerprint density at radius 3 is 2.73 bits per heavy atom. The molecule has 26 heavy (non-hydrogen) atoms. The molecule has 0 spiro atoms. The van der Waals surface area contributed by atoms with Crippen LogP contribution in [0.1, 0.15) is 46.3 Å². The molecule has 1 aliphatic rings. The van der Waals surface area contributed by atoms with Crippen LogP contribution in [0.3, 0.4) is 0 Å². The first-order valence-electron chi connectivity index (χ1n) is 8.14. The highest BCUT2D eigenvalue weighted by atomic mass is 19.4. The summed E-state index contributed by atoms with van der Waals surface area (Å²) in [5.41, 5.74) is -1.05. The zero-order valence-corrected chi connectivity index (χ0v) is 14.0. The van der Waals surface area contributed by atoms with Gasteiger partial charge in [0.15, 0.2) is 0 Å². The Hall–Kier alpha value is -2.71. The number of carbonyl (C=O) groups excluding carboxylic acids is 1. The predicted octanol–water partition coefficient (Wildman–Crippen LogP) is 2.04. The minimum Gasteiger partial charge on any atom is -0.351 e. The van der Waals surface area contributed by atoms with Crippen LogP contribution in [-0.2, 0) is 19.6 Å². The molecule has 3 rings (SSSR count). The van der Waals surface area contributed by atoms with Crippen LogP contribution in [-0.4, -0.2) is 27.0 Å². The molecule has 1 aliphatic carbocycles. The maximum Gasteiger partial charge on any atom is 0.433 e. The van der Waals surface area contributed by atoms with Gasteiger partial charge in [0.2, 0.25) is 0 Å². The third-order valence-corrected chi connectivity index (χ3v) is 4.08. The van der Waals surface area contributed by atoms with E-state index in [0.29, 0.717) is 5.69 Å². The van der Waals surface area contributed by atoms with Gasteiger partial charge in [-0.15, -0.1) is 0 Å². The van der Waals surface area contributed by atoms with Gasteiger partial charge in [-0.25, -0.2) is 9.97 Å². The maximum atomic E-state index is 13.0. The number of hydrogen-bond donors (Lipinski definition) is 1. The van der Waals surface area contributed by atoms with Crippen molar-refractivity contribution < 1.29 is 18.0 Å². The van der Waals surface area contributed by atoms with E-state index >= 15 is 0 Å². The summed E-state index contributed by atoms with van der Waals surface area (Å²) in [5.74, 6) is -0.497. The summed E-state index contributed by atoms with van der Waals surface area (Å²) >= 11 is 0. The summed E-state index contributed by atoms with van der Waals surface area (Å²) in [7, 11) is 1.52. The first kappa shape index (κ1) is 18.1. The molecule has 1 fully saturated rings. The summed E-state index contributed by atoms with van der Waals surface area (Å²) < 4.78 is 40.2. The van der Waals surface area contributed by atoms with E-state index in [-0.39, 0.29) is 30.3 Å². The van der Waals surface area contributed by atoms with Crippen molar-refractivity contribution in [2.45, 2.75) is 31.4 Å². The minimum absolute atomic E-state index is 0.0290. The highest BCUT2D eigenvalue weighted by Crippen LogP contribution is 2.40. The lowest BCUT2D eigenvalue weighted by atomic mass is 10.2. The number of hydrogen-bond acceptors (Lipinski definition) is 4. The topological polar surface area (TPSA) is 76.9 Å². The second-order valence-electron chi connectivity index (χ2n) is 6.21. The average molecular weight is 366 g/mol. The third-order valence-electron chi connectivity index (χ3n) is 4.08. The molecule has 0 aliphatic heterocycles. The van der Waals surface area contributed by atoms with Crippen molar-refractivity contribution in [2.24, 2.45) is 7.05 Å². The zero-order valence-electron chi connectivity index (χ0n) is 14.0. The number of pyridine rings is 1. The van der Waals surface area contributed by atoms with Crippen molar-refractivity contribution in [3.63, 3.8) is 0 Å². The molecule has 0 aromatic carbocycles. The molecule has 1 saturated carbocycles. The molecule has 138 valence electrons. The van der Waals surface area contributed by atoms with E-state index < -0.39 is 23.3 Å². The van der Waals surface area contributed by atoms with Crippen molar-refractivity contribution in [2.75, 3.05) is 6.54 Å². The Bertz CT molecular complexity index is 888. The van der Waals surface area contributed by atoms with Gasteiger partial charge in [0.25, 0.3) is 11.5 Å². The van der Waals surface area contributed by atoms with Crippen LogP contribution < -0.4 is 10.9 Å². The van der Waals surface area contributed by atoms with Gasteiger partial charge in [0.05, 0.1) is 0 Å². The van der Waals surface area contributed by atoms with Crippen LogP contribution in [0.4, 0.5) is 13.2 Å². The second-order valence-corrected chi connectivity index (χ2v) is 6.21. The SMILES string of the molecule is Cn1cccc(C(=O)NCCc2nc(C3CC3)cc(C(F)(F)F)n2)c1=O. The number of aryl methyl sites for hydroxylation is 1. The van der Waals surface area contributed by atoms with Crippen LogP contribution in [0.15, 0.2) is 29.2 Å². The van der Waals surface area contributed by atoms with E-state index in [1.54, 1.807) is 6.07 Å². The molecule has 0 unspecified atom stereocenters. The van der Waals surface area contributed by atoms with E-state index in [4.69, 9.17) is 0 Å². The molecule has 2 heterocycles. The molecule has 0 saturated heterocycles. The summed E-state index contributed by atoms with van der Waals surface area (Å²) in [6.07, 6.45) is -1.33. The number of halogens is 3. The lowest BCUT2D eigenvalue weighted by Crippen LogP contribution is -2.33. The Morgan fingerprint density at radius 2 is 2.08 bits per heavy atom. The van der Waals surface area contributed by atoms with Gasteiger partial charge >= 0.3 is 6.18 Å². The van der Waals surface area contributed by atoms with Crippen LogP contribution in [0, 0.1) is 0 Å². The molecule has 0 atom stereocenters. The average Bonchev–Trinajstić information content (AvgIpc) is 3.41. The lowest BCUT2D eigenvalue weighted by Gasteiger charge is -2.11. The van der Waals surface area contributed by atoms with Crippen LogP contribution in [0.5, 0.6) is 0 Å². The Morgan fingerprint density at radius 1 is 1.35 bits per heavy atom. The third kappa shape index (κ3) is 4.09. The van der Waals surface area contributed by atoms with Crippen LogP contribution >= 0.6 is 0 Å². The second kappa shape index (κ2) is 6.89. The molecular weight excluding hydrogens is 349 g/mol. The van der Waals surface area contributed by atoms with Crippen LogP contribution in [0.2, 0.25) is 0 Å². The zero-order chi connectivity index (χ0) is 18.9. The highest BCUT2D eigenvalue weighted by molar-refractivity contribution is 5.93. The van der Waals surface area contributed by atoms with Gasteiger partial charge in [-0.05, 0) is 31.0 Å². The molecule has 0 radical (unpaired) electrons. The lowest BCUT2D eigenvalue weighted by molar-refractivity contribution is -0.141. The highest BCUT2D eigenvalue weighted by Gasteiger charge is 2.35. The number of carbonyl (C=O) groups is 1. The standard InChI is InChI=1S/C17H17F3N4O2/c1-24-8-2-3-11(16(24)26)15(25)21-7-6-14-22-12(10-4-5-10)9-13(23-14)17(18,19)20/h2-3,8-10H,4-7H2,1H3,(H,21,25). The molecule has 0 bridgehead atoms. The number of nitrogens with one attached hydrogen (secondary N) is 1. The van der Waals surface area contributed by atoms with E-state index in [0.717, 1.165) is 18.9 Å². The fraction of sp³-hybridized carbons (Fsp3) is 0.412. The largest absolute Gasteiger partial charge is 0.433 e. The molecule has 2 aromatic heterocycles. The maximum absolute atomic E-state index is 13.0. The van der Waals surface area contributed by atoms with E-state index in [1.807, 2.05) is 0 Å². The molecular formula is C17H17F3N4O2. The first-order valence-corrected chi connectivity index (χ1v) is 8.14. The Balaban J connectivity index is 1.69. The van der Waals surface area contributed by atoms with Gasteiger partial charge in [0, 0.05) is 37.8 Å². The van der Waals surface area contributed by atoms with Crippen molar-refractivity contribution in [1.82, 2.24) is 19.9 Å². The fourth-order valence-corrected chi connectivity index (χ4v) is 2.52. The van der Waals surface area contributed by atoms with Crippen molar-refractivity contribution in [3.8, 4) is 0 Å². The number of rotatable bonds is 5. The van der Waals surface area contributed by atoms with Crippen molar-refractivity contribution >= 4 is 5.91 Å². The summed E-state index contributed by atoms with van der Waals surface area (Å²) in [6.45, 7) is 0.0301. The van der Waals surface area contributed by atoms with Gasteiger partial charge in [-0.3, -0.25) is 9.59 Å². The van der Waals surface area contributed by atoms with Gasteiger partial charge in [0.1, 0.15) is 17.1 Å². The van der Waals surface area contributed by atoms with Gasteiger partial charge < -0.3 is 9.88 Å².